The van der Waals surface area contributed by atoms with Crippen LogP contribution in [0.1, 0.15) is 25.5 Å². The Bertz CT molecular complexity index is 610. The van der Waals surface area contributed by atoms with Crippen LogP contribution < -0.4 is 0 Å². The lowest BCUT2D eigenvalue weighted by atomic mass is 9.93. The molecule has 2 aromatic rings. The first-order valence-electron chi connectivity index (χ1n) is 6.19. The van der Waals surface area contributed by atoms with E-state index in [4.69, 9.17) is 9.26 Å². The van der Waals surface area contributed by atoms with Gasteiger partial charge in [-0.05, 0) is 34.0 Å². The van der Waals surface area contributed by atoms with Crippen LogP contribution in [0, 0.1) is 5.92 Å². The number of nitrogens with zero attached hydrogens (tertiary/aromatic N) is 2. The van der Waals surface area contributed by atoms with E-state index in [9.17, 15) is 4.79 Å². The van der Waals surface area contributed by atoms with Gasteiger partial charge in [-0.2, -0.15) is 0 Å². The molecule has 1 unspecified atom stereocenters. The van der Waals surface area contributed by atoms with Gasteiger partial charge in [0.1, 0.15) is 16.2 Å². The Balaban J connectivity index is 2.34. The number of carbonyl (C=O) groups is 1. The van der Waals surface area contributed by atoms with Crippen molar-refractivity contribution in [3.05, 3.63) is 34.8 Å². The monoisotopic (exact) mass is 338 g/mol. The van der Waals surface area contributed by atoms with Gasteiger partial charge in [-0.15, -0.1) is 0 Å². The maximum Gasteiger partial charge on any atom is 0.316 e. The van der Waals surface area contributed by atoms with Crippen LogP contribution in [0.25, 0.3) is 11.3 Å². The molecule has 20 heavy (non-hydrogen) atoms. The number of esters is 1. The molecule has 6 heteroatoms. The molecule has 106 valence electrons. The first-order valence-corrected chi connectivity index (χ1v) is 6.98. The van der Waals surface area contributed by atoms with Crippen molar-refractivity contribution in [2.24, 2.45) is 5.92 Å². The molecule has 1 atom stereocenters. The molecule has 0 saturated heterocycles. The number of methoxy groups -OCH3 is 1. The molecule has 2 rings (SSSR count). The summed E-state index contributed by atoms with van der Waals surface area (Å²) in [5.74, 6) is -0.202. The maximum absolute atomic E-state index is 11.8. The number of hydrogen-bond donors (Lipinski definition) is 0. The van der Waals surface area contributed by atoms with Crippen LogP contribution in [-0.4, -0.2) is 23.2 Å². The molecular weight excluding hydrogens is 324 g/mol. The topological polar surface area (TPSA) is 65.2 Å². The highest BCUT2D eigenvalue weighted by atomic mass is 79.9. The van der Waals surface area contributed by atoms with Gasteiger partial charge in [0.2, 0.25) is 0 Å². The highest BCUT2D eigenvalue weighted by Gasteiger charge is 2.29. The van der Waals surface area contributed by atoms with E-state index in [-0.39, 0.29) is 11.9 Å². The first kappa shape index (κ1) is 14.7. The number of carbonyl (C=O) groups excluding carboxylic acids is 1. The SMILES string of the molecule is COC(=O)C(c1cc(-c2ccnc(Br)c2)no1)C(C)C. The van der Waals surface area contributed by atoms with Gasteiger partial charge in [-0.25, -0.2) is 4.98 Å². The molecule has 2 heterocycles. The molecule has 0 bridgehead atoms. The molecular formula is C14H15BrN2O3. The minimum atomic E-state index is -0.452. The molecule has 0 aliphatic carbocycles. The Labute approximate surface area is 125 Å². The van der Waals surface area contributed by atoms with E-state index in [1.807, 2.05) is 26.0 Å². The number of aromatic nitrogens is 2. The van der Waals surface area contributed by atoms with Crippen molar-refractivity contribution in [3.63, 3.8) is 0 Å². The lowest BCUT2D eigenvalue weighted by molar-refractivity contribution is -0.144. The van der Waals surface area contributed by atoms with Crippen molar-refractivity contribution in [2.75, 3.05) is 7.11 Å². The lowest BCUT2D eigenvalue weighted by Crippen LogP contribution is -2.18. The van der Waals surface area contributed by atoms with Gasteiger partial charge in [-0.3, -0.25) is 4.79 Å². The van der Waals surface area contributed by atoms with E-state index >= 15 is 0 Å². The summed E-state index contributed by atoms with van der Waals surface area (Å²) in [6, 6.07) is 5.43. The molecule has 0 radical (unpaired) electrons. The van der Waals surface area contributed by atoms with Crippen LogP contribution in [0.4, 0.5) is 0 Å². The number of ether oxygens (including phenoxy) is 1. The molecule has 0 saturated carbocycles. The minimum absolute atomic E-state index is 0.0624. The quantitative estimate of drug-likeness (QED) is 0.631. The van der Waals surface area contributed by atoms with Crippen LogP contribution in [0.2, 0.25) is 0 Å². The normalized spacial score (nSPS) is 12.4. The Morgan fingerprint density at radius 2 is 2.15 bits per heavy atom. The van der Waals surface area contributed by atoms with Crippen molar-refractivity contribution >= 4 is 21.9 Å². The van der Waals surface area contributed by atoms with Gasteiger partial charge in [0, 0.05) is 17.8 Å². The summed E-state index contributed by atoms with van der Waals surface area (Å²) >= 11 is 3.31. The fraction of sp³-hybridized carbons (Fsp3) is 0.357. The Hall–Kier alpha value is -1.69. The first-order chi connectivity index (χ1) is 9.52. The average molecular weight is 339 g/mol. The predicted molar refractivity (Wildman–Crippen MR) is 77.0 cm³/mol. The highest BCUT2D eigenvalue weighted by Crippen LogP contribution is 2.29. The van der Waals surface area contributed by atoms with Crippen LogP contribution in [0.3, 0.4) is 0 Å². The molecule has 0 aliphatic heterocycles. The van der Waals surface area contributed by atoms with E-state index in [2.05, 4.69) is 26.1 Å². The van der Waals surface area contributed by atoms with Gasteiger partial charge in [0.25, 0.3) is 0 Å². The highest BCUT2D eigenvalue weighted by molar-refractivity contribution is 9.10. The Morgan fingerprint density at radius 3 is 2.75 bits per heavy atom. The van der Waals surface area contributed by atoms with Crippen molar-refractivity contribution in [1.82, 2.24) is 10.1 Å². The van der Waals surface area contributed by atoms with E-state index in [1.54, 1.807) is 12.3 Å². The predicted octanol–water partition coefficient (Wildman–Crippen LogP) is 3.41. The Kier molecular flexibility index (Phi) is 4.54. The molecule has 0 N–H and O–H groups in total. The zero-order chi connectivity index (χ0) is 14.7. The fourth-order valence-corrected chi connectivity index (χ4v) is 2.34. The molecule has 0 spiro atoms. The number of halogens is 1. The van der Waals surface area contributed by atoms with E-state index in [0.717, 1.165) is 5.56 Å². The third-order valence-electron chi connectivity index (χ3n) is 2.98. The molecule has 0 aromatic carbocycles. The second kappa shape index (κ2) is 6.17. The Morgan fingerprint density at radius 1 is 1.40 bits per heavy atom. The fourth-order valence-electron chi connectivity index (χ4n) is 1.98. The maximum atomic E-state index is 11.8. The summed E-state index contributed by atoms with van der Waals surface area (Å²) in [6.45, 7) is 3.87. The van der Waals surface area contributed by atoms with Crippen molar-refractivity contribution in [2.45, 2.75) is 19.8 Å². The third-order valence-corrected chi connectivity index (χ3v) is 3.41. The van der Waals surface area contributed by atoms with Crippen LogP contribution in [-0.2, 0) is 9.53 Å². The standard InChI is InChI=1S/C14H15BrN2O3/c1-8(2)13(14(18)19-3)11-7-10(17-20-11)9-4-5-16-12(15)6-9/h4-8,13H,1-3H3. The zero-order valence-electron chi connectivity index (χ0n) is 11.5. The van der Waals surface area contributed by atoms with E-state index < -0.39 is 5.92 Å². The third kappa shape index (κ3) is 3.07. The van der Waals surface area contributed by atoms with Gasteiger partial charge >= 0.3 is 5.97 Å². The largest absolute Gasteiger partial charge is 0.468 e. The zero-order valence-corrected chi connectivity index (χ0v) is 13.0. The number of rotatable bonds is 4. The van der Waals surface area contributed by atoms with Crippen LogP contribution >= 0.6 is 15.9 Å². The smallest absolute Gasteiger partial charge is 0.316 e. The summed E-state index contributed by atoms with van der Waals surface area (Å²) < 4.78 is 10.9. The van der Waals surface area contributed by atoms with Gasteiger partial charge < -0.3 is 9.26 Å². The molecule has 0 amide bonds. The van der Waals surface area contributed by atoms with E-state index in [1.165, 1.54) is 7.11 Å². The summed E-state index contributed by atoms with van der Waals surface area (Å²) in [4.78, 5) is 15.9. The second-order valence-electron chi connectivity index (χ2n) is 4.73. The summed E-state index contributed by atoms with van der Waals surface area (Å²) in [7, 11) is 1.37. The van der Waals surface area contributed by atoms with Crippen molar-refractivity contribution in [3.8, 4) is 11.3 Å². The van der Waals surface area contributed by atoms with Gasteiger partial charge in [-0.1, -0.05) is 19.0 Å². The van der Waals surface area contributed by atoms with Crippen molar-refractivity contribution in [1.29, 1.82) is 0 Å². The molecule has 2 aromatic heterocycles. The summed E-state index contributed by atoms with van der Waals surface area (Å²) in [5.41, 5.74) is 1.53. The lowest BCUT2D eigenvalue weighted by Gasteiger charge is -2.14. The van der Waals surface area contributed by atoms with Crippen molar-refractivity contribution < 1.29 is 14.1 Å². The minimum Gasteiger partial charge on any atom is -0.468 e. The number of pyridine rings is 1. The average Bonchev–Trinajstić information content (AvgIpc) is 2.87. The summed E-state index contributed by atoms with van der Waals surface area (Å²) in [5, 5.41) is 4.02. The van der Waals surface area contributed by atoms with Crippen LogP contribution in [0.5, 0.6) is 0 Å². The number of hydrogen-bond acceptors (Lipinski definition) is 5. The molecule has 0 fully saturated rings. The van der Waals surface area contributed by atoms with Gasteiger partial charge in [0.05, 0.1) is 7.11 Å². The van der Waals surface area contributed by atoms with E-state index in [0.29, 0.717) is 16.1 Å². The van der Waals surface area contributed by atoms with Gasteiger partial charge in [0.15, 0.2) is 5.76 Å². The van der Waals surface area contributed by atoms with Crippen LogP contribution in [0.15, 0.2) is 33.5 Å². The molecule has 0 aliphatic rings. The molecule has 5 nitrogen and oxygen atoms in total. The summed E-state index contributed by atoms with van der Waals surface area (Å²) in [6.07, 6.45) is 1.67. The second-order valence-corrected chi connectivity index (χ2v) is 5.54.